The average Bonchev–Trinajstić information content (AvgIpc) is 2.74. The first-order chi connectivity index (χ1) is 6.70. The summed E-state index contributed by atoms with van der Waals surface area (Å²) in [5.74, 6) is 0. The van der Waals surface area contributed by atoms with Crippen LogP contribution in [0.25, 0.3) is 0 Å². The van der Waals surface area contributed by atoms with Gasteiger partial charge in [-0.15, -0.1) is 0 Å². The van der Waals surface area contributed by atoms with Crippen LogP contribution < -0.4 is 0 Å². The van der Waals surface area contributed by atoms with Crippen LogP contribution in [0, 0.1) is 0 Å². The van der Waals surface area contributed by atoms with E-state index in [0.717, 1.165) is 18.4 Å². The molecule has 80 valence electrons. The molecule has 0 aromatic carbocycles. The second-order valence-corrected chi connectivity index (χ2v) is 4.22. The lowest BCUT2D eigenvalue weighted by Gasteiger charge is -2.34. The molecule has 0 bridgehead atoms. The van der Waals surface area contributed by atoms with E-state index in [1.807, 2.05) is 30.7 Å². The summed E-state index contributed by atoms with van der Waals surface area (Å²) in [5.41, 5.74) is 0.529. The molecule has 0 fully saturated rings. The molecule has 1 heterocycles. The molecule has 0 aliphatic carbocycles. The minimum Gasteiger partial charge on any atom is -0.385 e. The number of ether oxygens (including phenoxy) is 1. The smallest absolute Gasteiger partial charge is 0.109 e. The summed E-state index contributed by atoms with van der Waals surface area (Å²) in [4.78, 5) is 0. The van der Waals surface area contributed by atoms with E-state index in [-0.39, 0.29) is 0 Å². The van der Waals surface area contributed by atoms with E-state index in [9.17, 15) is 5.11 Å². The minimum absolute atomic E-state index is 0.429. The molecule has 0 saturated carbocycles. The number of rotatable bonds is 5. The number of hydrogen-bond acceptors (Lipinski definition) is 3. The zero-order valence-corrected chi connectivity index (χ0v) is 9.80. The Labute approximate surface area is 89.5 Å². The van der Waals surface area contributed by atoms with Gasteiger partial charge in [-0.1, -0.05) is 13.8 Å². The highest BCUT2D eigenvalue weighted by molar-refractivity contribution is 7.07. The quantitative estimate of drug-likeness (QED) is 0.816. The molecule has 3 heteroatoms. The van der Waals surface area contributed by atoms with E-state index in [1.165, 1.54) is 0 Å². The molecule has 0 amide bonds. The highest BCUT2D eigenvalue weighted by atomic mass is 32.1. The van der Waals surface area contributed by atoms with E-state index in [2.05, 4.69) is 0 Å². The fourth-order valence-corrected chi connectivity index (χ4v) is 2.45. The summed E-state index contributed by atoms with van der Waals surface area (Å²) in [6.45, 7) is 4.09. The average molecular weight is 214 g/mol. The van der Waals surface area contributed by atoms with E-state index in [4.69, 9.17) is 4.74 Å². The minimum atomic E-state index is -0.520. The maximum absolute atomic E-state index is 10.2. The lowest BCUT2D eigenvalue weighted by Crippen LogP contribution is -2.37. The zero-order chi connectivity index (χ0) is 10.6. The molecule has 1 aromatic heterocycles. The molecule has 1 unspecified atom stereocenters. The monoisotopic (exact) mass is 214 g/mol. The van der Waals surface area contributed by atoms with E-state index in [0.29, 0.717) is 0 Å². The van der Waals surface area contributed by atoms with Crippen LogP contribution in [0.4, 0.5) is 0 Å². The van der Waals surface area contributed by atoms with Crippen LogP contribution >= 0.6 is 11.3 Å². The van der Waals surface area contributed by atoms with Gasteiger partial charge >= 0.3 is 0 Å². The van der Waals surface area contributed by atoms with Crippen molar-refractivity contribution in [3.8, 4) is 0 Å². The van der Waals surface area contributed by atoms with Crippen LogP contribution in [0.5, 0.6) is 0 Å². The van der Waals surface area contributed by atoms with Gasteiger partial charge in [-0.05, 0) is 35.2 Å². The SMILES string of the molecule is CCC(CC)(OC)C(O)c1ccsc1. The maximum atomic E-state index is 10.2. The third-order valence-electron chi connectivity index (χ3n) is 2.96. The predicted octanol–water partition coefficient (Wildman–Crippen LogP) is 2.99. The Morgan fingerprint density at radius 3 is 2.50 bits per heavy atom. The Hall–Kier alpha value is -0.380. The fraction of sp³-hybridized carbons (Fsp3) is 0.636. The third-order valence-corrected chi connectivity index (χ3v) is 3.66. The van der Waals surface area contributed by atoms with Crippen LogP contribution in [0.15, 0.2) is 16.8 Å². The number of aliphatic hydroxyl groups is 1. The first-order valence-corrected chi connectivity index (χ1v) is 5.89. The summed E-state index contributed by atoms with van der Waals surface area (Å²) >= 11 is 1.60. The lowest BCUT2D eigenvalue weighted by molar-refractivity contribution is -0.109. The van der Waals surface area contributed by atoms with Crippen molar-refractivity contribution >= 4 is 11.3 Å². The fourth-order valence-electron chi connectivity index (χ4n) is 1.77. The van der Waals surface area contributed by atoms with Crippen molar-refractivity contribution in [1.82, 2.24) is 0 Å². The summed E-state index contributed by atoms with van der Waals surface area (Å²) in [5, 5.41) is 14.2. The van der Waals surface area contributed by atoms with Gasteiger partial charge in [0.2, 0.25) is 0 Å². The van der Waals surface area contributed by atoms with Crippen molar-refractivity contribution in [2.24, 2.45) is 0 Å². The molecule has 2 nitrogen and oxygen atoms in total. The van der Waals surface area contributed by atoms with Gasteiger partial charge in [0.05, 0.1) is 5.60 Å². The van der Waals surface area contributed by atoms with E-state index in [1.54, 1.807) is 18.4 Å². The molecule has 0 aliphatic rings. The molecule has 1 aromatic rings. The van der Waals surface area contributed by atoms with E-state index >= 15 is 0 Å². The summed E-state index contributed by atoms with van der Waals surface area (Å²) in [6.07, 6.45) is 1.11. The number of thiophene rings is 1. The van der Waals surface area contributed by atoms with Gasteiger partial charge in [0.15, 0.2) is 0 Å². The molecule has 14 heavy (non-hydrogen) atoms. The second kappa shape index (κ2) is 4.91. The molecular weight excluding hydrogens is 196 g/mol. The van der Waals surface area contributed by atoms with Crippen molar-refractivity contribution in [1.29, 1.82) is 0 Å². The molecule has 0 spiro atoms. The molecular formula is C11H18O2S. The second-order valence-electron chi connectivity index (χ2n) is 3.44. The Morgan fingerprint density at radius 2 is 2.14 bits per heavy atom. The van der Waals surface area contributed by atoms with Gasteiger partial charge in [0, 0.05) is 7.11 Å². The van der Waals surface area contributed by atoms with Crippen molar-refractivity contribution in [3.05, 3.63) is 22.4 Å². The maximum Gasteiger partial charge on any atom is 0.109 e. The van der Waals surface area contributed by atoms with E-state index < -0.39 is 11.7 Å². The third kappa shape index (κ3) is 2.00. The lowest BCUT2D eigenvalue weighted by atomic mass is 9.87. The Kier molecular flexibility index (Phi) is 4.11. The Morgan fingerprint density at radius 1 is 1.50 bits per heavy atom. The molecule has 0 radical (unpaired) electrons. The van der Waals surface area contributed by atoms with Crippen LogP contribution in [0.2, 0.25) is 0 Å². The van der Waals surface area contributed by atoms with Crippen LogP contribution in [-0.2, 0) is 4.74 Å². The van der Waals surface area contributed by atoms with Crippen LogP contribution in [-0.4, -0.2) is 17.8 Å². The van der Waals surface area contributed by atoms with Crippen molar-refractivity contribution < 1.29 is 9.84 Å². The van der Waals surface area contributed by atoms with Gasteiger partial charge in [0.1, 0.15) is 6.10 Å². The topological polar surface area (TPSA) is 29.5 Å². The molecule has 1 N–H and O–H groups in total. The number of aliphatic hydroxyl groups excluding tert-OH is 1. The Bertz CT molecular complexity index is 244. The van der Waals surface area contributed by atoms with Crippen molar-refractivity contribution in [3.63, 3.8) is 0 Å². The number of hydrogen-bond donors (Lipinski definition) is 1. The molecule has 0 saturated heterocycles. The summed E-state index contributed by atoms with van der Waals surface area (Å²) in [7, 11) is 1.67. The van der Waals surface area contributed by atoms with Gasteiger partial charge in [-0.2, -0.15) is 11.3 Å². The van der Waals surface area contributed by atoms with Crippen molar-refractivity contribution in [2.75, 3.05) is 7.11 Å². The highest BCUT2D eigenvalue weighted by Gasteiger charge is 2.35. The Balaban J connectivity index is 2.89. The first-order valence-electron chi connectivity index (χ1n) is 4.95. The summed E-state index contributed by atoms with van der Waals surface area (Å²) in [6, 6.07) is 1.95. The normalized spacial score (nSPS) is 14.3. The standard InChI is InChI=1S/C11H18O2S/c1-4-11(5-2,13-3)10(12)9-6-7-14-8-9/h6-8,10,12H,4-5H2,1-3H3. The molecule has 1 atom stereocenters. The number of methoxy groups -OCH3 is 1. The molecule has 0 aliphatic heterocycles. The van der Waals surface area contributed by atoms with Gasteiger partial charge < -0.3 is 9.84 Å². The van der Waals surface area contributed by atoms with Crippen LogP contribution in [0.1, 0.15) is 38.4 Å². The van der Waals surface area contributed by atoms with Gasteiger partial charge in [-0.25, -0.2) is 0 Å². The van der Waals surface area contributed by atoms with Gasteiger partial charge in [-0.3, -0.25) is 0 Å². The predicted molar refractivity (Wildman–Crippen MR) is 59.6 cm³/mol. The largest absolute Gasteiger partial charge is 0.385 e. The first kappa shape index (κ1) is 11.7. The van der Waals surface area contributed by atoms with Crippen LogP contribution in [0.3, 0.4) is 0 Å². The van der Waals surface area contributed by atoms with Crippen molar-refractivity contribution in [2.45, 2.75) is 38.4 Å². The highest BCUT2D eigenvalue weighted by Crippen LogP contribution is 2.35. The molecule has 1 rings (SSSR count). The zero-order valence-electron chi connectivity index (χ0n) is 8.99. The van der Waals surface area contributed by atoms with Gasteiger partial charge in [0.25, 0.3) is 0 Å². The summed E-state index contributed by atoms with van der Waals surface area (Å²) < 4.78 is 5.48.